The zero-order chi connectivity index (χ0) is 12.1. The van der Waals surface area contributed by atoms with Crippen LogP contribution < -0.4 is 5.73 Å². The Kier molecular flexibility index (Phi) is 4.74. The second-order valence-corrected chi connectivity index (χ2v) is 4.56. The molecule has 1 aromatic carbocycles. The van der Waals surface area contributed by atoms with Gasteiger partial charge in [-0.1, -0.05) is 26.8 Å². The van der Waals surface area contributed by atoms with Gasteiger partial charge in [-0.05, 0) is 30.2 Å². The van der Waals surface area contributed by atoms with Gasteiger partial charge in [0.2, 0.25) is 0 Å². The number of nitrogen functional groups attached to an aromatic ring is 1. The van der Waals surface area contributed by atoms with Gasteiger partial charge in [0.15, 0.2) is 0 Å². The summed E-state index contributed by atoms with van der Waals surface area (Å²) >= 11 is 0. The van der Waals surface area contributed by atoms with E-state index < -0.39 is 0 Å². The van der Waals surface area contributed by atoms with Gasteiger partial charge < -0.3 is 5.73 Å². The van der Waals surface area contributed by atoms with Crippen LogP contribution in [0.3, 0.4) is 0 Å². The zero-order valence-electron chi connectivity index (χ0n) is 10.3. The fraction of sp³-hybridized carbons (Fsp3) is 0.538. The second kappa shape index (κ2) is 5.85. The van der Waals surface area contributed by atoms with E-state index in [1.165, 1.54) is 12.1 Å². The van der Waals surface area contributed by atoms with E-state index in [9.17, 15) is 4.39 Å². The first kappa shape index (κ1) is 13.0. The first-order chi connectivity index (χ1) is 7.52. The van der Waals surface area contributed by atoms with E-state index >= 15 is 0 Å². The van der Waals surface area contributed by atoms with Crippen LogP contribution in [-0.2, 0) is 6.54 Å². The molecule has 16 heavy (non-hydrogen) atoms. The van der Waals surface area contributed by atoms with Gasteiger partial charge in [0, 0.05) is 18.8 Å². The fourth-order valence-corrected chi connectivity index (χ4v) is 1.77. The van der Waals surface area contributed by atoms with E-state index in [-0.39, 0.29) is 5.82 Å². The number of halogens is 1. The molecule has 1 rings (SSSR count). The lowest BCUT2D eigenvalue weighted by Crippen LogP contribution is -2.27. The molecule has 2 N–H and O–H groups in total. The third kappa shape index (κ3) is 3.81. The molecule has 90 valence electrons. The second-order valence-electron chi connectivity index (χ2n) is 4.56. The van der Waals surface area contributed by atoms with Crippen molar-refractivity contribution in [3.8, 4) is 0 Å². The van der Waals surface area contributed by atoms with Crippen LogP contribution in [0.25, 0.3) is 0 Å². The number of nitrogens with two attached hydrogens (primary N) is 1. The summed E-state index contributed by atoms with van der Waals surface area (Å²) in [5.41, 5.74) is 7.34. The van der Waals surface area contributed by atoms with Crippen LogP contribution in [0.1, 0.15) is 26.3 Å². The minimum atomic E-state index is -0.270. The van der Waals surface area contributed by atoms with E-state index in [1.807, 2.05) is 0 Å². The lowest BCUT2D eigenvalue weighted by molar-refractivity contribution is 0.249. The molecule has 0 aromatic heterocycles. The van der Waals surface area contributed by atoms with Crippen molar-refractivity contribution in [2.45, 2.75) is 27.3 Å². The van der Waals surface area contributed by atoms with Crippen LogP contribution >= 0.6 is 0 Å². The van der Waals surface area contributed by atoms with Gasteiger partial charge in [0.25, 0.3) is 0 Å². The van der Waals surface area contributed by atoms with E-state index in [0.717, 1.165) is 25.2 Å². The number of rotatable bonds is 5. The molecule has 0 heterocycles. The van der Waals surface area contributed by atoms with Crippen LogP contribution in [-0.4, -0.2) is 18.0 Å². The van der Waals surface area contributed by atoms with Gasteiger partial charge in [-0.15, -0.1) is 0 Å². The fourth-order valence-electron chi connectivity index (χ4n) is 1.77. The first-order valence-electron chi connectivity index (χ1n) is 5.79. The number of hydrogen-bond acceptors (Lipinski definition) is 2. The number of benzene rings is 1. The van der Waals surface area contributed by atoms with Gasteiger partial charge in [0.05, 0.1) is 0 Å². The maximum atomic E-state index is 12.9. The average Bonchev–Trinajstić information content (AvgIpc) is 2.20. The third-order valence-corrected chi connectivity index (χ3v) is 2.57. The number of anilines is 1. The zero-order valence-corrected chi connectivity index (χ0v) is 10.3. The molecule has 0 saturated heterocycles. The summed E-state index contributed by atoms with van der Waals surface area (Å²) in [5, 5.41) is 0. The monoisotopic (exact) mass is 224 g/mol. The molecule has 0 aliphatic rings. The Labute approximate surface area is 97.3 Å². The van der Waals surface area contributed by atoms with Crippen LogP contribution in [0.2, 0.25) is 0 Å². The van der Waals surface area contributed by atoms with Crippen LogP contribution in [0.4, 0.5) is 10.1 Å². The molecule has 0 spiro atoms. The van der Waals surface area contributed by atoms with Gasteiger partial charge in [-0.25, -0.2) is 4.39 Å². The van der Waals surface area contributed by atoms with E-state index in [4.69, 9.17) is 5.73 Å². The Morgan fingerprint density at radius 1 is 1.38 bits per heavy atom. The van der Waals surface area contributed by atoms with Crippen molar-refractivity contribution < 1.29 is 4.39 Å². The van der Waals surface area contributed by atoms with Crippen molar-refractivity contribution in [1.82, 2.24) is 4.90 Å². The molecule has 0 bridgehead atoms. The van der Waals surface area contributed by atoms with Crippen molar-refractivity contribution in [2.75, 3.05) is 18.8 Å². The van der Waals surface area contributed by atoms with Crippen molar-refractivity contribution in [3.05, 3.63) is 29.6 Å². The van der Waals surface area contributed by atoms with E-state index in [0.29, 0.717) is 11.6 Å². The Hall–Kier alpha value is -1.09. The lowest BCUT2D eigenvalue weighted by Gasteiger charge is -2.23. The molecule has 0 fully saturated rings. The Morgan fingerprint density at radius 3 is 2.56 bits per heavy atom. The highest BCUT2D eigenvalue weighted by Gasteiger charge is 2.08. The van der Waals surface area contributed by atoms with Crippen molar-refractivity contribution >= 4 is 5.69 Å². The van der Waals surface area contributed by atoms with E-state index in [1.54, 1.807) is 6.07 Å². The molecule has 0 amide bonds. The quantitative estimate of drug-likeness (QED) is 0.779. The molecular formula is C13H21FN2. The summed E-state index contributed by atoms with van der Waals surface area (Å²) in [6.45, 7) is 9.32. The largest absolute Gasteiger partial charge is 0.398 e. The molecule has 1 aromatic rings. The molecule has 0 aliphatic heterocycles. The molecule has 3 heteroatoms. The normalized spacial score (nSPS) is 11.4. The Bertz CT molecular complexity index is 337. The van der Waals surface area contributed by atoms with Gasteiger partial charge in [-0.2, -0.15) is 0 Å². The van der Waals surface area contributed by atoms with Crippen molar-refractivity contribution in [1.29, 1.82) is 0 Å². The minimum Gasteiger partial charge on any atom is -0.398 e. The van der Waals surface area contributed by atoms with Gasteiger partial charge in [0.1, 0.15) is 5.82 Å². The Morgan fingerprint density at radius 2 is 2.06 bits per heavy atom. The minimum absolute atomic E-state index is 0.270. The smallest absolute Gasteiger partial charge is 0.125 e. The predicted molar refractivity (Wildman–Crippen MR) is 66.6 cm³/mol. The highest BCUT2D eigenvalue weighted by atomic mass is 19.1. The van der Waals surface area contributed by atoms with Gasteiger partial charge >= 0.3 is 0 Å². The summed E-state index contributed by atoms with van der Waals surface area (Å²) < 4.78 is 12.9. The SMILES string of the molecule is CCN(Cc1ccc(F)cc1N)CC(C)C. The Balaban J connectivity index is 2.70. The van der Waals surface area contributed by atoms with Crippen LogP contribution in [0.5, 0.6) is 0 Å². The maximum Gasteiger partial charge on any atom is 0.125 e. The molecule has 0 unspecified atom stereocenters. The highest BCUT2D eigenvalue weighted by Crippen LogP contribution is 2.16. The first-order valence-corrected chi connectivity index (χ1v) is 5.79. The maximum absolute atomic E-state index is 12.9. The molecule has 0 atom stereocenters. The average molecular weight is 224 g/mol. The lowest BCUT2D eigenvalue weighted by atomic mass is 10.1. The summed E-state index contributed by atoms with van der Waals surface area (Å²) in [6.07, 6.45) is 0. The van der Waals surface area contributed by atoms with Crippen molar-refractivity contribution in [3.63, 3.8) is 0 Å². The number of hydrogen-bond donors (Lipinski definition) is 1. The van der Waals surface area contributed by atoms with Crippen molar-refractivity contribution in [2.24, 2.45) is 5.92 Å². The number of nitrogens with zero attached hydrogens (tertiary/aromatic N) is 1. The van der Waals surface area contributed by atoms with Gasteiger partial charge in [-0.3, -0.25) is 4.90 Å². The topological polar surface area (TPSA) is 29.3 Å². The third-order valence-electron chi connectivity index (χ3n) is 2.57. The van der Waals surface area contributed by atoms with Crippen LogP contribution in [0.15, 0.2) is 18.2 Å². The van der Waals surface area contributed by atoms with Crippen LogP contribution in [0, 0.1) is 11.7 Å². The summed E-state index contributed by atoms with van der Waals surface area (Å²) in [4.78, 5) is 2.31. The predicted octanol–water partition coefficient (Wildman–Crippen LogP) is 2.89. The van der Waals surface area contributed by atoms with E-state index in [2.05, 4.69) is 25.7 Å². The standard InChI is InChI=1S/C13H21FN2/c1-4-16(8-10(2)3)9-11-5-6-12(14)7-13(11)15/h5-7,10H,4,8-9,15H2,1-3H3. The molecule has 0 saturated carbocycles. The summed E-state index contributed by atoms with van der Waals surface area (Å²) in [5.74, 6) is 0.356. The molecule has 2 nitrogen and oxygen atoms in total. The molecule has 0 radical (unpaired) electrons. The highest BCUT2D eigenvalue weighted by molar-refractivity contribution is 5.46. The molecular weight excluding hydrogens is 203 g/mol. The summed E-state index contributed by atoms with van der Waals surface area (Å²) in [6, 6.07) is 4.63. The summed E-state index contributed by atoms with van der Waals surface area (Å²) in [7, 11) is 0. The molecule has 0 aliphatic carbocycles.